The summed E-state index contributed by atoms with van der Waals surface area (Å²) in [6, 6.07) is 2.62. The molecule has 0 radical (unpaired) electrons. The maximum Gasteiger partial charge on any atom is 0.316 e. The highest BCUT2D eigenvalue weighted by Gasteiger charge is 2.42. The zero-order chi connectivity index (χ0) is 13.8. The minimum Gasteiger partial charge on any atom is -0.463 e. The van der Waals surface area contributed by atoms with Gasteiger partial charge in [-0.2, -0.15) is 0 Å². The molecule has 1 aliphatic heterocycles. The number of aliphatic hydroxyl groups excluding tert-OH is 1. The Bertz CT molecular complexity index is 415. The lowest BCUT2D eigenvalue weighted by Crippen LogP contribution is -2.51. The zero-order valence-electron chi connectivity index (χ0n) is 11.5. The average molecular weight is 279 g/mol. The van der Waals surface area contributed by atoms with E-state index >= 15 is 0 Å². The Hall–Kier alpha value is -1.24. The molecule has 110 valence electrons. The van der Waals surface area contributed by atoms with Gasteiger partial charge in [-0.05, 0) is 18.9 Å². The number of ether oxygens (including phenoxy) is 2. The highest BCUT2D eigenvalue weighted by molar-refractivity contribution is 4.97. The van der Waals surface area contributed by atoms with Crippen molar-refractivity contribution in [3.8, 4) is 6.01 Å². The van der Waals surface area contributed by atoms with Crippen LogP contribution in [0.5, 0.6) is 6.01 Å². The number of aliphatic hydroxyl groups is 1. The second-order valence-electron chi connectivity index (χ2n) is 5.34. The summed E-state index contributed by atoms with van der Waals surface area (Å²) in [6.45, 7) is 3.19. The summed E-state index contributed by atoms with van der Waals surface area (Å²) in [7, 11) is 0. The number of morpholine rings is 1. The van der Waals surface area contributed by atoms with Crippen LogP contribution in [0.25, 0.3) is 0 Å². The van der Waals surface area contributed by atoms with Gasteiger partial charge in [0.2, 0.25) is 0 Å². The monoisotopic (exact) mass is 279 g/mol. The molecule has 0 aromatic carbocycles. The lowest BCUT2D eigenvalue weighted by molar-refractivity contribution is -0.0818. The predicted octanol–water partition coefficient (Wildman–Crippen LogP) is 0.327. The Labute approximate surface area is 118 Å². The lowest BCUT2D eigenvalue weighted by atomic mass is 10.0. The zero-order valence-corrected chi connectivity index (χ0v) is 11.5. The van der Waals surface area contributed by atoms with Crippen molar-refractivity contribution >= 4 is 0 Å². The first-order chi connectivity index (χ1) is 9.88. The Balaban J connectivity index is 1.56. The molecule has 0 spiro atoms. The van der Waals surface area contributed by atoms with Gasteiger partial charge in [0, 0.05) is 37.4 Å². The molecule has 0 amide bonds. The van der Waals surface area contributed by atoms with Crippen LogP contribution in [0.15, 0.2) is 18.5 Å². The van der Waals surface area contributed by atoms with Crippen LogP contribution >= 0.6 is 0 Å². The van der Waals surface area contributed by atoms with Crippen LogP contribution < -0.4 is 4.74 Å². The third kappa shape index (κ3) is 2.92. The smallest absolute Gasteiger partial charge is 0.316 e. The van der Waals surface area contributed by atoms with E-state index in [1.165, 1.54) is 0 Å². The van der Waals surface area contributed by atoms with E-state index in [4.69, 9.17) is 14.6 Å². The molecule has 1 saturated carbocycles. The van der Waals surface area contributed by atoms with Gasteiger partial charge in [0.05, 0.1) is 25.9 Å². The highest BCUT2D eigenvalue weighted by Crippen LogP contribution is 2.34. The normalized spacial score (nSPS) is 30.1. The number of fused-ring (bicyclic) bond motifs is 1. The standard InChI is InChI=1S/C14H21N3O3/c18-8-6-17-7-9-19-13-11(2-3-12(13)17)10-20-14-15-4-1-5-16-14/h1,4-5,11-13,18H,2-3,6-10H2/t11-,12+,13+/m0/s1. The van der Waals surface area contributed by atoms with E-state index in [0.717, 1.165) is 32.5 Å². The second kappa shape index (κ2) is 6.47. The molecule has 3 atom stereocenters. The fourth-order valence-corrected chi connectivity index (χ4v) is 3.26. The Morgan fingerprint density at radius 1 is 1.35 bits per heavy atom. The first kappa shape index (κ1) is 13.7. The summed E-state index contributed by atoms with van der Waals surface area (Å²) in [5, 5.41) is 9.13. The van der Waals surface area contributed by atoms with Gasteiger partial charge in [-0.1, -0.05) is 0 Å². The van der Waals surface area contributed by atoms with Crippen molar-refractivity contribution in [2.24, 2.45) is 5.92 Å². The molecule has 2 heterocycles. The summed E-state index contributed by atoms with van der Waals surface area (Å²) in [6.07, 6.45) is 5.76. The molecule has 6 heteroatoms. The number of β-amino-alcohol motifs (C(OH)–C–C–N with tert-alkyl or cyclic N) is 1. The molecule has 3 rings (SSSR count). The molecule has 1 aliphatic carbocycles. The summed E-state index contributed by atoms with van der Waals surface area (Å²) >= 11 is 0. The van der Waals surface area contributed by atoms with E-state index in [0.29, 0.717) is 24.6 Å². The van der Waals surface area contributed by atoms with Gasteiger partial charge in [-0.3, -0.25) is 4.90 Å². The van der Waals surface area contributed by atoms with Crippen LogP contribution in [0.3, 0.4) is 0 Å². The largest absolute Gasteiger partial charge is 0.463 e. The van der Waals surface area contributed by atoms with Gasteiger partial charge in [-0.15, -0.1) is 0 Å². The van der Waals surface area contributed by atoms with E-state index in [1.54, 1.807) is 18.5 Å². The molecule has 1 aromatic rings. The predicted molar refractivity (Wildman–Crippen MR) is 72.4 cm³/mol. The minimum atomic E-state index is 0.207. The first-order valence-corrected chi connectivity index (χ1v) is 7.25. The lowest BCUT2D eigenvalue weighted by Gasteiger charge is -2.38. The molecule has 2 fully saturated rings. The van der Waals surface area contributed by atoms with Gasteiger partial charge in [0.15, 0.2) is 0 Å². The molecular weight excluding hydrogens is 258 g/mol. The van der Waals surface area contributed by atoms with Crippen molar-refractivity contribution in [3.05, 3.63) is 18.5 Å². The van der Waals surface area contributed by atoms with Crippen LogP contribution in [0.2, 0.25) is 0 Å². The number of hydrogen-bond acceptors (Lipinski definition) is 6. The van der Waals surface area contributed by atoms with E-state index in [2.05, 4.69) is 14.9 Å². The van der Waals surface area contributed by atoms with Gasteiger partial charge < -0.3 is 14.6 Å². The summed E-state index contributed by atoms with van der Waals surface area (Å²) < 4.78 is 11.6. The maximum atomic E-state index is 9.13. The van der Waals surface area contributed by atoms with Crippen LogP contribution in [-0.4, -0.2) is 65.0 Å². The van der Waals surface area contributed by atoms with Crippen molar-refractivity contribution in [1.29, 1.82) is 0 Å². The van der Waals surface area contributed by atoms with Gasteiger partial charge in [0.1, 0.15) is 0 Å². The number of nitrogens with zero attached hydrogens (tertiary/aromatic N) is 3. The van der Waals surface area contributed by atoms with E-state index in [-0.39, 0.29) is 12.7 Å². The van der Waals surface area contributed by atoms with Crippen molar-refractivity contribution in [2.75, 3.05) is 32.9 Å². The highest BCUT2D eigenvalue weighted by atomic mass is 16.5. The molecule has 1 aromatic heterocycles. The molecule has 20 heavy (non-hydrogen) atoms. The molecule has 0 bridgehead atoms. The summed E-state index contributed by atoms with van der Waals surface area (Å²) in [5.74, 6) is 0.380. The van der Waals surface area contributed by atoms with Crippen LogP contribution in [-0.2, 0) is 4.74 Å². The third-order valence-electron chi connectivity index (χ3n) is 4.19. The summed E-state index contributed by atoms with van der Waals surface area (Å²) in [5.41, 5.74) is 0. The van der Waals surface area contributed by atoms with Crippen molar-refractivity contribution in [2.45, 2.75) is 25.0 Å². The minimum absolute atomic E-state index is 0.207. The van der Waals surface area contributed by atoms with Crippen molar-refractivity contribution < 1.29 is 14.6 Å². The fourth-order valence-electron chi connectivity index (χ4n) is 3.26. The topological polar surface area (TPSA) is 67.7 Å². The fraction of sp³-hybridized carbons (Fsp3) is 0.714. The van der Waals surface area contributed by atoms with E-state index in [1.807, 2.05) is 0 Å². The molecular formula is C14H21N3O3. The van der Waals surface area contributed by atoms with Crippen molar-refractivity contribution in [3.63, 3.8) is 0 Å². The maximum absolute atomic E-state index is 9.13. The average Bonchev–Trinajstić information content (AvgIpc) is 2.91. The number of hydrogen-bond donors (Lipinski definition) is 1. The molecule has 1 N–H and O–H groups in total. The van der Waals surface area contributed by atoms with Crippen LogP contribution in [0.4, 0.5) is 0 Å². The van der Waals surface area contributed by atoms with E-state index < -0.39 is 0 Å². The molecule has 6 nitrogen and oxygen atoms in total. The first-order valence-electron chi connectivity index (χ1n) is 7.25. The van der Waals surface area contributed by atoms with E-state index in [9.17, 15) is 0 Å². The Kier molecular flexibility index (Phi) is 4.44. The van der Waals surface area contributed by atoms with Crippen LogP contribution in [0, 0.1) is 5.92 Å². The molecule has 0 unspecified atom stereocenters. The van der Waals surface area contributed by atoms with Gasteiger partial charge >= 0.3 is 6.01 Å². The quantitative estimate of drug-likeness (QED) is 0.837. The van der Waals surface area contributed by atoms with Gasteiger partial charge in [0.25, 0.3) is 0 Å². The Morgan fingerprint density at radius 2 is 2.20 bits per heavy atom. The SMILES string of the molecule is OCCN1CCO[C@@H]2[C@H](COc3ncccn3)CC[C@H]21. The van der Waals surface area contributed by atoms with Crippen molar-refractivity contribution in [1.82, 2.24) is 14.9 Å². The Morgan fingerprint density at radius 3 is 3.00 bits per heavy atom. The van der Waals surface area contributed by atoms with Crippen LogP contribution in [0.1, 0.15) is 12.8 Å². The summed E-state index contributed by atoms with van der Waals surface area (Å²) in [4.78, 5) is 10.5. The number of aromatic nitrogens is 2. The third-order valence-corrected chi connectivity index (χ3v) is 4.19. The molecule has 1 saturated heterocycles. The van der Waals surface area contributed by atoms with Gasteiger partial charge in [-0.25, -0.2) is 9.97 Å². The second-order valence-corrected chi connectivity index (χ2v) is 5.34. The molecule has 2 aliphatic rings. The number of rotatable bonds is 5.